The van der Waals surface area contributed by atoms with Gasteiger partial charge in [-0.2, -0.15) is 0 Å². The second kappa shape index (κ2) is 7.49. The van der Waals surface area contributed by atoms with Crippen LogP contribution in [0.1, 0.15) is 22.8 Å². The van der Waals surface area contributed by atoms with Gasteiger partial charge in [0.15, 0.2) is 6.10 Å². The van der Waals surface area contributed by atoms with Gasteiger partial charge in [0.05, 0.1) is 5.56 Å². The van der Waals surface area contributed by atoms with Gasteiger partial charge in [0.25, 0.3) is 5.91 Å². The van der Waals surface area contributed by atoms with E-state index < -0.39 is 18.0 Å². The molecule has 0 heterocycles. The van der Waals surface area contributed by atoms with Gasteiger partial charge in [-0.1, -0.05) is 35.3 Å². The van der Waals surface area contributed by atoms with Crippen LogP contribution in [0.3, 0.4) is 0 Å². The average Bonchev–Trinajstić information content (AvgIpc) is 2.50. The van der Waals surface area contributed by atoms with Crippen LogP contribution in [-0.2, 0) is 9.53 Å². The number of amides is 1. The fraction of sp³-hybridized carbons (Fsp3) is 0.176. The zero-order valence-corrected chi connectivity index (χ0v) is 14.1. The Morgan fingerprint density at radius 2 is 1.78 bits per heavy atom. The fourth-order valence-corrected chi connectivity index (χ4v) is 2.22. The lowest BCUT2D eigenvalue weighted by molar-refractivity contribution is -0.123. The van der Waals surface area contributed by atoms with Gasteiger partial charge in [0, 0.05) is 15.7 Å². The maximum atomic E-state index is 12.2. The Hall–Kier alpha value is -2.04. The van der Waals surface area contributed by atoms with Crippen LogP contribution in [-0.4, -0.2) is 18.0 Å². The molecule has 0 aliphatic heterocycles. The molecule has 120 valence electrons. The highest BCUT2D eigenvalue weighted by Gasteiger charge is 2.19. The van der Waals surface area contributed by atoms with Crippen molar-refractivity contribution in [1.29, 1.82) is 0 Å². The Balaban J connectivity index is 2.02. The molecule has 6 heteroatoms. The predicted molar refractivity (Wildman–Crippen MR) is 91.1 cm³/mol. The lowest BCUT2D eigenvalue weighted by atomic mass is 10.2. The summed E-state index contributed by atoms with van der Waals surface area (Å²) < 4.78 is 5.15. The van der Waals surface area contributed by atoms with Crippen molar-refractivity contribution in [3.05, 3.63) is 63.6 Å². The monoisotopic (exact) mass is 351 g/mol. The van der Waals surface area contributed by atoms with E-state index in [4.69, 9.17) is 27.9 Å². The number of nitrogens with one attached hydrogen (secondary N) is 1. The summed E-state index contributed by atoms with van der Waals surface area (Å²) in [6.07, 6.45) is -0.958. The van der Waals surface area contributed by atoms with Crippen molar-refractivity contribution in [2.45, 2.75) is 20.0 Å². The zero-order chi connectivity index (χ0) is 17.0. The standard InChI is InChI=1S/C17H15Cl2NO3/c1-10-6-7-14(19)9-15(10)20-16(21)11(2)23-17(22)12-4-3-5-13(18)8-12/h3-9,11H,1-2H3,(H,20,21). The van der Waals surface area contributed by atoms with E-state index in [1.165, 1.54) is 13.0 Å². The molecule has 1 unspecified atom stereocenters. The minimum Gasteiger partial charge on any atom is -0.449 e. The number of anilines is 1. The van der Waals surface area contributed by atoms with Crippen LogP contribution in [0.25, 0.3) is 0 Å². The Morgan fingerprint density at radius 3 is 2.48 bits per heavy atom. The lowest BCUT2D eigenvalue weighted by Crippen LogP contribution is -2.30. The van der Waals surface area contributed by atoms with Gasteiger partial charge in [-0.15, -0.1) is 0 Å². The van der Waals surface area contributed by atoms with E-state index in [2.05, 4.69) is 5.32 Å². The number of esters is 1. The normalized spacial score (nSPS) is 11.7. The first-order valence-electron chi connectivity index (χ1n) is 6.90. The van der Waals surface area contributed by atoms with Crippen LogP contribution in [0.15, 0.2) is 42.5 Å². The summed E-state index contributed by atoms with van der Waals surface area (Å²) >= 11 is 11.7. The largest absolute Gasteiger partial charge is 0.449 e. The predicted octanol–water partition coefficient (Wildman–Crippen LogP) is 4.49. The van der Waals surface area contributed by atoms with Gasteiger partial charge < -0.3 is 10.1 Å². The van der Waals surface area contributed by atoms with Gasteiger partial charge in [0.2, 0.25) is 0 Å². The molecule has 0 spiro atoms. The van der Waals surface area contributed by atoms with Crippen molar-refractivity contribution in [1.82, 2.24) is 0 Å². The summed E-state index contributed by atoms with van der Waals surface area (Å²) in [5.74, 6) is -1.05. The highest BCUT2D eigenvalue weighted by atomic mass is 35.5. The molecule has 4 nitrogen and oxygen atoms in total. The number of carbonyl (C=O) groups is 2. The number of halogens is 2. The van der Waals surface area contributed by atoms with Crippen molar-refractivity contribution >= 4 is 40.8 Å². The van der Waals surface area contributed by atoms with E-state index in [1.54, 1.807) is 36.4 Å². The molecular weight excluding hydrogens is 337 g/mol. The molecule has 1 amide bonds. The minimum absolute atomic E-state index is 0.288. The highest BCUT2D eigenvalue weighted by molar-refractivity contribution is 6.31. The molecule has 23 heavy (non-hydrogen) atoms. The Labute approximate surface area is 144 Å². The van der Waals surface area contributed by atoms with E-state index in [1.807, 2.05) is 6.92 Å². The molecule has 0 saturated heterocycles. The van der Waals surface area contributed by atoms with Gasteiger partial charge in [-0.25, -0.2) is 4.79 Å². The first-order chi connectivity index (χ1) is 10.9. The van der Waals surface area contributed by atoms with Crippen LogP contribution in [0.5, 0.6) is 0 Å². The topological polar surface area (TPSA) is 55.4 Å². The molecule has 1 atom stereocenters. The summed E-state index contributed by atoms with van der Waals surface area (Å²) in [6, 6.07) is 11.5. The van der Waals surface area contributed by atoms with Crippen LogP contribution >= 0.6 is 23.2 Å². The SMILES string of the molecule is Cc1ccc(Cl)cc1NC(=O)C(C)OC(=O)c1cccc(Cl)c1. The molecule has 2 aromatic rings. The molecule has 1 N–H and O–H groups in total. The number of aryl methyl sites for hydroxylation is 1. The van der Waals surface area contributed by atoms with Crippen molar-refractivity contribution in [2.75, 3.05) is 5.32 Å². The van der Waals surface area contributed by atoms with E-state index in [-0.39, 0.29) is 5.56 Å². The minimum atomic E-state index is -0.958. The summed E-state index contributed by atoms with van der Waals surface area (Å²) in [5, 5.41) is 3.62. The quantitative estimate of drug-likeness (QED) is 0.825. The molecule has 0 aliphatic carbocycles. The molecule has 2 aromatic carbocycles. The van der Waals surface area contributed by atoms with E-state index >= 15 is 0 Å². The number of ether oxygens (including phenoxy) is 1. The molecule has 0 aromatic heterocycles. The number of rotatable bonds is 4. The van der Waals surface area contributed by atoms with Crippen molar-refractivity contribution in [2.24, 2.45) is 0 Å². The third-order valence-corrected chi connectivity index (χ3v) is 3.64. The summed E-state index contributed by atoms with van der Waals surface area (Å²) in [6.45, 7) is 3.34. The average molecular weight is 352 g/mol. The first-order valence-corrected chi connectivity index (χ1v) is 7.66. The summed E-state index contributed by atoms with van der Waals surface area (Å²) in [5.41, 5.74) is 1.72. The van der Waals surface area contributed by atoms with Crippen LogP contribution in [0.4, 0.5) is 5.69 Å². The third-order valence-electron chi connectivity index (χ3n) is 3.17. The molecular formula is C17H15Cl2NO3. The maximum Gasteiger partial charge on any atom is 0.338 e. The van der Waals surface area contributed by atoms with E-state index in [9.17, 15) is 9.59 Å². The second-order valence-electron chi connectivity index (χ2n) is 5.01. The molecule has 0 bridgehead atoms. The molecule has 0 radical (unpaired) electrons. The third kappa shape index (κ3) is 4.71. The van der Waals surface area contributed by atoms with Gasteiger partial charge >= 0.3 is 5.97 Å². The second-order valence-corrected chi connectivity index (χ2v) is 5.88. The molecule has 2 rings (SSSR count). The molecule has 0 aliphatic rings. The number of benzene rings is 2. The van der Waals surface area contributed by atoms with Gasteiger partial charge in [-0.3, -0.25) is 4.79 Å². The smallest absolute Gasteiger partial charge is 0.338 e. The highest BCUT2D eigenvalue weighted by Crippen LogP contribution is 2.20. The lowest BCUT2D eigenvalue weighted by Gasteiger charge is -2.15. The Kier molecular flexibility index (Phi) is 5.64. The summed E-state index contributed by atoms with van der Waals surface area (Å²) in [4.78, 5) is 24.2. The first kappa shape index (κ1) is 17.3. The van der Waals surface area contributed by atoms with Gasteiger partial charge in [-0.05, 0) is 49.7 Å². The Bertz CT molecular complexity index is 746. The van der Waals surface area contributed by atoms with Crippen LogP contribution < -0.4 is 5.32 Å². The fourth-order valence-electron chi connectivity index (χ4n) is 1.86. The Morgan fingerprint density at radius 1 is 1.09 bits per heavy atom. The zero-order valence-electron chi connectivity index (χ0n) is 12.6. The van der Waals surface area contributed by atoms with Crippen LogP contribution in [0.2, 0.25) is 10.0 Å². The van der Waals surface area contributed by atoms with Crippen LogP contribution in [0, 0.1) is 6.92 Å². The maximum absolute atomic E-state index is 12.2. The number of carbonyl (C=O) groups excluding carboxylic acids is 2. The van der Waals surface area contributed by atoms with Gasteiger partial charge in [0.1, 0.15) is 0 Å². The van der Waals surface area contributed by atoms with Crippen molar-refractivity contribution in [3.8, 4) is 0 Å². The van der Waals surface area contributed by atoms with E-state index in [0.29, 0.717) is 15.7 Å². The molecule has 0 saturated carbocycles. The number of hydrogen-bond acceptors (Lipinski definition) is 3. The summed E-state index contributed by atoms with van der Waals surface area (Å²) in [7, 11) is 0. The van der Waals surface area contributed by atoms with Crippen molar-refractivity contribution in [3.63, 3.8) is 0 Å². The molecule has 0 fully saturated rings. The number of hydrogen-bond donors (Lipinski definition) is 1. The van der Waals surface area contributed by atoms with E-state index in [0.717, 1.165) is 5.56 Å². The van der Waals surface area contributed by atoms with Crippen molar-refractivity contribution < 1.29 is 14.3 Å².